The highest BCUT2D eigenvalue weighted by Crippen LogP contribution is 2.27. The van der Waals surface area contributed by atoms with Gasteiger partial charge in [0.15, 0.2) is 0 Å². The molecule has 2 atom stereocenters. The molecule has 1 saturated heterocycles. The fraction of sp³-hybridized carbons (Fsp3) is 0.417. The highest BCUT2D eigenvalue weighted by Gasteiger charge is 2.38. The second-order valence-corrected chi connectivity index (χ2v) is 4.66. The topological polar surface area (TPSA) is 32.3 Å². The molecule has 0 bridgehead atoms. The molecule has 0 aliphatic carbocycles. The van der Waals surface area contributed by atoms with E-state index in [9.17, 15) is 13.6 Å². The summed E-state index contributed by atoms with van der Waals surface area (Å²) in [4.78, 5) is 13.0. The zero-order valence-electron chi connectivity index (χ0n) is 9.74. The Bertz CT molecular complexity index is 455. The van der Waals surface area contributed by atoms with Crippen LogP contribution in [-0.2, 0) is 4.79 Å². The minimum absolute atomic E-state index is 0.319. The number of benzene rings is 1. The minimum atomic E-state index is -2.55. The number of nitrogens with one attached hydrogen (secondary N) is 1. The van der Waals surface area contributed by atoms with Crippen molar-refractivity contribution in [1.82, 2.24) is 10.2 Å². The zero-order valence-corrected chi connectivity index (χ0v) is 10.5. The minimum Gasteiger partial charge on any atom is -0.316 e. The quantitative estimate of drug-likeness (QED) is 0.918. The molecule has 0 saturated carbocycles. The number of alkyl halides is 2. The fourth-order valence-corrected chi connectivity index (χ4v) is 2.27. The largest absolute Gasteiger partial charge is 0.316 e. The Morgan fingerprint density at radius 2 is 2.22 bits per heavy atom. The predicted octanol–water partition coefficient (Wildman–Crippen LogP) is 2.42. The molecule has 1 N–H and O–H groups in total. The van der Waals surface area contributed by atoms with E-state index in [1.54, 1.807) is 31.2 Å². The van der Waals surface area contributed by atoms with Crippen LogP contribution >= 0.6 is 11.6 Å². The third-order valence-corrected chi connectivity index (χ3v) is 3.11. The number of hydrogen-bond donors (Lipinski definition) is 1. The van der Waals surface area contributed by atoms with E-state index in [2.05, 4.69) is 5.32 Å². The molecule has 2 unspecified atom stereocenters. The molecule has 3 nitrogen and oxygen atoms in total. The first-order chi connectivity index (χ1) is 8.49. The maximum absolute atomic E-state index is 12.5. The number of amides is 1. The van der Waals surface area contributed by atoms with Gasteiger partial charge < -0.3 is 4.90 Å². The number of hydrogen-bond acceptors (Lipinski definition) is 2. The first-order valence-electron chi connectivity index (χ1n) is 5.59. The van der Waals surface area contributed by atoms with Crippen molar-refractivity contribution in [2.24, 2.45) is 0 Å². The van der Waals surface area contributed by atoms with Crippen molar-refractivity contribution >= 4 is 17.5 Å². The fourth-order valence-electron chi connectivity index (χ4n) is 2.07. The van der Waals surface area contributed by atoms with Gasteiger partial charge in [0.25, 0.3) is 6.43 Å². The van der Waals surface area contributed by atoms with Gasteiger partial charge in [-0.25, -0.2) is 8.78 Å². The lowest BCUT2D eigenvalue weighted by Gasteiger charge is -2.24. The van der Waals surface area contributed by atoms with Crippen molar-refractivity contribution in [2.45, 2.75) is 25.6 Å². The Hall–Kier alpha value is -1.20. The molecule has 1 heterocycles. The van der Waals surface area contributed by atoms with Crippen LogP contribution < -0.4 is 5.32 Å². The molecule has 6 heteroatoms. The highest BCUT2D eigenvalue weighted by atomic mass is 35.5. The third kappa shape index (κ3) is 2.62. The summed E-state index contributed by atoms with van der Waals surface area (Å²) in [7, 11) is 0. The van der Waals surface area contributed by atoms with Gasteiger partial charge in [0.05, 0.1) is 12.6 Å². The second-order valence-electron chi connectivity index (χ2n) is 4.23. The van der Waals surface area contributed by atoms with Crippen LogP contribution in [0, 0.1) is 0 Å². The van der Waals surface area contributed by atoms with Crippen LogP contribution in [-0.4, -0.2) is 29.8 Å². The van der Waals surface area contributed by atoms with Crippen LogP contribution in [0.25, 0.3) is 0 Å². The molecular weight excluding hydrogens is 262 g/mol. The smallest absolute Gasteiger partial charge is 0.255 e. The molecule has 1 aromatic carbocycles. The van der Waals surface area contributed by atoms with Crippen LogP contribution in [0.15, 0.2) is 24.3 Å². The zero-order chi connectivity index (χ0) is 13.3. The summed E-state index contributed by atoms with van der Waals surface area (Å²) in [6.07, 6.45) is -3.09. The van der Waals surface area contributed by atoms with E-state index < -0.39 is 25.2 Å². The number of rotatable bonds is 3. The highest BCUT2D eigenvalue weighted by molar-refractivity contribution is 6.30. The molecule has 18 heavy (non-hydrogen) atoms. The Balaban J connectivity index is 2.27. The normalized spacial score (nSPS) is 24.1. The van der Waals surface area contributed by atoms with Crippen molar-refractivity contribution < 1.29 is 13.6 Å². The lowest BCUT2D eigenvalue weighted by atomic mass is 10.1. The van der Waals surface area contributed by atoms with Gasteiger partial charge in [0.2, 0.25) is 5.91 Å². The maximum atomic E-state index is 12.5. The Kier molecular flexibility index (Phi) is 3.82. The van der Waals surface area contributed by atoms with E-state index in [1.807, 2.05) is 0 Å². The molecule has 0 radical (unpaired) electrons. The van der Waals surface area contributed by atoms with Crippen LogP contribution in [0.3, 0.4) is 0 Å². The van der Waals surface area contributed by atoms with Crippen molar-refractivity contribution in [3.8, 4) is 0 Å². The molecule has 1 aromatic rings. The van der Waals surface area contributed by atoms with Crippen LogP contribution in [0.5, 0.6) is 0 Å². The standard InChI is InChI=1S/C12H13ClF2N2O/c1-7-12(18)17(6-10(14)15)11(16-7)8-3-2-4-9(13)5-8/h2-5,7,10-11,16H,6H2,1H3. The summed E-state index contributed by atoms with van der Waals surface area (Å²) >= 11 is 5.87. The van der Waals surface area contributed by atoms with Crippen molar-refractivity contribution in [3.05, 3.63) is 34.9 Å². The first kappa shape index (κ1) is 13.2. The van der Waals surface area contributed by atoms with E-state index in [-0.39, 0.29) is 5.91 Å². The molecular formula is C12H13ClF2N2O. The molecule has 0 spiro atoms. The Labute approximate surface area is 109 Å². The molecule has 0 aromatic heterocycles. The van der Waals surface area contributed by atoms with E-state index in [0.29, 0.717) is 10.6 Å². The summed E-state index contributed by atoms with van der Waals surface area (Å²) in [6, 6.07) is 6.39. The van der Waals surface area contributed by atoms with Gasteiger partial charge >= 0.3 is 0 Å². The van der Waals surface area contributed by atoms with Gasteiger partial charge in [-0.1, -0.05) is 23.7 Å². The van der Waals surface area contributed by atoms with Gasteiger partial charge in [-0.3, -0.25) is 10.1 Å². The summed E-state index contributed by atoms with van der Waals surface area (Å²) in [5.74, 6) is -0.319. The van der Waals surface area contributed by atoms with Crippen molar-refractivity contribution in [2.75, 3.05) is 6.54 Å². The molecule has 1 amide bonds. The monoisotopic (exact) mass is 274 g/mol. The molecule has 2 rings (SSSR count). The molecule has 1 fully saturated rings. The Morgan fingerprint density at radius 3 is 2.83 bits per heavy atom. The SMILES string of the molecule is CC1NC(c2cccc(Cl)c2)N(CC(F)F)C1=O. The number of carbonyl (C=O) groups excluding carboxylic acids is 1. The summed E-state index contributed by atoms with van der Waals surface area (Å²) in [6.45, 7) is 1.08. The van der Waals surface area contributed by atoms with Crippen molar-refractivity contribution in [1.29, 1.82) is 0 Å². The van der Waals surface area contributed by atoms with Crippen molar-refractivity contribution in [3.63, 3.8) is 0 Å². The average molecular weight is 275 g/mol. The summed E-state index contributed by atoms with van der Waals surface area (Å²) in [5, 5.41) is 3.50. The van der Waals surface area contributed by atoms with Crippen LogP contribution in [0.2, 0.25) is 5.02 Å². The van der Waals surface area contributed by atoms with E-state index in [1.165, 1.54) is 0 Å². The van der Waals surface area contributed by atoms with Gasteiger partial charge in [-0.2, -0.15) is 0 Å². The predicted molar refractivity (Wildman–Crippen MR) is 64.5 cm³/mol. The summed E-state index contributed by atoms with van der Waals surface area (Å²) in [5.41, 5.74) is 0.709. The molecule has 1 aliphatic heterocycles. The van der Waals surface area contributed by atoms with Gasteiger partial charge in [0, 0.05) is 5.02 Å². The van der Waals surface area contributed by atoms with Gasteiger partial charge in [-0.15, -0.1) is 0 Å². The van der Waals surface area contributed by atoms with Gasteiger partial charge in [-0.05, 0) is 24.6 Å². The van der Waals surface area contributed by atoms with E-state index in [4.69, 9.17) is 11.6 Å². The third-order valence-electron chi connectivity index (χ3n) is 2.87. The summed E-state index contributed by atoms with van der Waals surface area (Å²) < 4.78 is 25.0. The number of halogens is 3. The number of nitrogens with zero attached hydrogens (tertiary/aromatic N) is 1. The average Bonchev–Trinajstić information content (AvgIpc) is 2.57. The first-order valence-corrected chi connectivity index (χ1v) is 5.97. The van der Waals surface area contributed by atoms with Gasteiger partial charge in [0.1, 0.15) is 6.17 Å². The van der Waals surface area contributed by atoms with E-state index in [0.717, 1.165) is 4.90 Å². The van der Waals surface area contributed by atoms with Crippen LogP contribution in [0.4, 0.5) is 8.78 Å². The number of carbonyl (C=O) groups is 1. The lowest BCUT2D eigenvalue weighted by Crippen LogP contribution is -2.34. The Morgan fingerprint density at radius 1 is 1.50 bits per heavy atom. The maximum Gasteiger partial charge on any atom is 0.255 e. The second kappa shape index (κ2) is 5.20. The lowest BCUT2D eigenvalue weighted by molar-refractivity contribution is -0.131. The molecule has 98 valence electrons. The van der Waals surface area contributed by atoms with Crippen LogP contribution in [0.1, 0.15) is 18.7 Å². The van der Waals surface area contributed by atoms with E-state index >= 15 is 0 Å². The molecule has 1 aliphatic rings.